The van der Waals surface area contributed by atoms with E-state index < -0.39 is 42.0 Å². The van der Waals surface area contributed by atoms with E-state index in [1.165, 1.54) is 14.2 Å². The van der Waals surface area contributed by atoms with Gasteiger partial charge in [-0.1, -0.05) is 12.2 Å². The molecule has 2 heterocycles. The molecule has 3 rings (SSSR count). The van der Waals surface area contributed by atoms with E-state index in [-0.39, 0.29) is 24.5 Å². The summed E-state index contributed by atoms with van der Waals surface area (Å²) < 4.78 is 48.1. The van der Waals surface area contributed by atoms with Crippen LogP contribution in [0.25, 0.3) is 6.08 Å². The summed E-state index contributed by atoms with van der Waals surface area (Å²) in [6.07, 6.45) is 0.280. The highest BCUT2D eigenvalue weighted by molar-refractivity contribution is 5.97. The lowest BCUT2D eigenvalue weighted by Crippen LogP contribution is -2.37. The number of alkyl halides is 1. The quantitative estimate of drug-likeness (QED) is 0.364. The van der Waals surface area contributed by atoms with Crippen LogP contribution in [0.1, 0.15) is 50.0 Å². The number of Topliss-reactive ketones (excluding diaryl/α,β-unsaturated/α-hetero) is 1. The Morgan fingerprint density at radius 3 is 2.59 bits per heavy atom. The van der Waals surface area contributed by atoms with Gasteiger partial charge >= 0.3 is 5.97 Å². The second-order valence-corrected chi connectivity index (χ2v) is 8.64. The number of benzene rings is 1. The minimum atomic E-state index is -1.93. The van der Waals surface area contributed by atoms with Gasteiger partial charge in [0.25, 0.3) is 0 Å². The SMILES string of the molecule is COCOc1cc(OC)cc2c1C(=O)O[C@@H](C)C(C)=CC(F)C(=O)C1OC(C)(C)O[C@H]1CC=C2. The summed E-state index contributed by atoms with van der Waals surface area (Å²) in [7, 11) is 2.96. The molecule has 1 saturated heterocycles. The van der Waals surface area contributed by atoms with Gasteiger partial charge in [0.05, 0.1) is 13.2 Å². The predicted octanol–water partition coefficient (Wildman–Crippen LogP) is 4.01. The van der Waals surface area contributed by atoms with E-state index >= 15 is 0 Å². The molecular formula is C25H31FO8. The Hall–Kier alpha value is -2.75. The van der Waals surface area contributed by atoms with Gasteiger partial charge in [-0.15, -0.1) is 0 Å². The molecule has 1 aromatic carbocycles. The average molecular weight is 479 g/mol. The van der Waals surface area contributed by atoms with Gasteiger partial charge in [-0.3, -0.25) is 4.79 Å². The smallest absolute Gasteiger partial charge is 0.343 e. The molecule has 0 aromatic heterocycles. The number of ether oxygens (including phenoxy) is 6. The van der Waals surface area contributed by atoms with E-state index in [9.17, 15) is 14.0 Å². The highest BCUT2D eigenvalue weighted by Crippen LogP contribution is 2.34. The van der Waals surface area contributed by atoms with E-state index in [1.54, 1.807) is 52.0 Å². The maximum absolute atomic E-state index is 14.9. The first-order valence-corrected chi connectivity index (χ1v) is 11.0. The van der Waals surface area contributed by atoms with E-state index in [0.29, 0.717) is 16.9 Å². The number of carbonyl (C=O) groups is 2. The number of carbonyl (C=O) groups excluding carboxylic acids is 2. The van der Waals surface area contributed by atoms with Crippen LogP contribution in [0, 0.1) is 0 Å². The maximum atomic E-state index is 14.9. The molecule has 1 fully saturated rings. The molecule has 0 spiro atoms. The van der Waals surface area contributed by atoms with Gasteiger partial charge in [-0.05, 0) is 57.4 Å². The zero-order chi connectivity index (χ0) is 25.0. The first kappa shape index (κ1) is 25.9. The fraction of sp³-hybridized carbons (Fsp3) is 0.520. The van der Waals surface area contributed by atoms with Crippen LogP contribution >= 0.6 is 0 Å². The number of allylic oxidation sites excluding steroid dienone is 1. The zero-order valence-corrected chi connectivity index (χ0v) is 20.3. The zero-order valence-electron chi connectivity index (χ0n) is 20.3. The third-order valence-corrected chi connectivity index (χ3v) is 5.61. The Kier molecular flexibility index (Phi) is 8.12. The number of rotatable bonds is 4. The summed E-state index contributed by atoms with van der Waals surface area (Å²) in [4.78, 5) is 26.0. The van der Waals surface area contributed by atoms with Crippen LogP contribution < -0.4 is 9.47 Å². The van der Waals surface area contributed by atoms with Crippen molar-refractivity contribution in [2.75, 3.05) is 21.0 Å². The van der Waals surface area contributed by atoms with Gasteiger partial charge in [0.1, 0.15) is 29.3 Å². The first-order valence-electron chi connectivity index (χ1n) is 11.0. The van der Waals surface area contributed by atoms with E-state index in [1.807, 2.05) is 0 Å². The molecule has 0 saturated carbocycles. The molecule has 9 heteroatoms. The minimum Gasteiger partial charge on any atom is -0.497 e. The van der Waals surface area contributed by atoms with Crippen LogP contribution in [0.5, 0.6) is 11.5 Å². The number of esters is 1. The molecular weight excluding hydrogens is 447 g/mol. The lowest BCUT2D eigenvalue weighted by atomic mass is 9.99. The molecule has 0 amide bonds. The molecule has 0 aliphatic carbocycles. The maximum Gasteiger partial charge on any atom is 0.343 e. The first-order chi connectivity index (χ1) is 16.1. The Labute approximate surface area is 198 Å². The van der Waals surface area contributed by atoms with Crippen molar-refractivity contribution in [2.24, 2.45) is 0 Å². The van der Waals surface area contributed by atoms with Crippen molar-refractivity contribution in [3.8, 4) is 11.5 Å². The Morgan fingerprint density at radius 1 is 1.18 bits per heavy atom. The molecule has 4 atom stereocenters. The highest BCUT2D eigenvalue weighted by atomic mass is 19.1. The van der Waals surface area contributed by atoms with Crippen molar-refractivity contribution in [1.82, 2.24) is 0 Å². The number of halogens is 1. The van der Waals surface area contributed by atoms with Gasteiger partial charge < -0.3 is 28.4 Å². The van der Waals surface area contributed by atoms with Gasteiger partial charge in [0, 0.05) is 13.2 Å². The van der Waals surface area contributed by atoms with Crippen LogP contribution in [-0.4, -0.2) is 63.0 Å². The normalized spacial score (nSPS) is 27.2. The topological polar surface area (TPSA) is 89.5 Å². The Bertz CT molecular complexity index is 983. The monoisotopic (exact) mass is 478 g/mol. The summed E-state index contributed by atoms with van der Waals surface area (Å²) in [5.41, 5.74) is 1.02. The summed E-state index contributed by atoms with van der Waals surface area (Å²) in [5, 5.41) is 0. The van der Waals surface area contributed by atoms with Gasteiger partial charge in [0.15, 0.2) is 18.8 Å². The number of hydrogen-bond acceptors (Lipinski definition) is 8. The van der Waals surface area contributed by atoms with E-state index in [4.69, 9.17) is 28.4 Å². The second kappa shape index (κ2) is 10.7. The largest absolute Gasteiger partial charge is 0.497 e. The van der Waals surface area contributed by atoms with Crippen LogP contribution in [0.15, 0.2) is 29.9 Å². The van der Waals surface area contributed by atoms with Gasteiger partial charge in [-0.25, -0.2) is 9.18 Å². The minimum absolute atomic E-state index is 0.0965. The summed E-state index contributed by atoms with van der Waals surface area (Å²) >= 11 is 0. The lowest BCUT2D eigenvalue weighted by molar-refractivity contribution is -0.156. The molecule has 34 heavy (non-hydrogen) atoms. The van der Waals surface area contributed by atoms with Crippen molar-refractivity contribution >= 4 is 17.8 Å². The fourth-order valence-corrected chi connectivity index (χ4v) is 3.81. The van der Waals surface area contributed by atoms with Crippen LogP contribution in [0.2, 0.25) is 0 Å². The molecule has 2 unspecified atom stereocenters. The van der Waals surface area contributed by atoms with Crippen molar-refractivity contribution in [3.63, 3.8) is 0 Å². The number of ketones is 1. The number of fused-ring (bicyclic) bond motifs is 2. The molecule has 0 radical (unpaired) electrons. The second-order valence-electron chi connectivity index (χ2n) is 8.64. The van der Waals surface area contributed by atoms with Gasteiger partial charge in [0.2, 0.25) is 5.78 Å². The summed E-state index contributed by atoms with van der Waals surface area (Å²) in [5.74, 6) is -1.78. The Balaban J connectivity index is 2.10. The third kappa shape index (κ3) is 5.84. The molecule has 0 bridgehead atoms. The van der Waals surface area contributed by atoms with Crippen molar-refractivity contribution < 1.29 is 42.4 Å². The van der Waals surface area contributed by atoms with Crippen LogP contribution in [0.4, 0.5) is 4.39 Å². The summed E-state index contributed by atoms with van der Waals surface area (Å²) in [6, 6.07) is 3.23. The molecule has 2 aliphatic rings. The van der Waals surface area contributed by atoms with Crippen molar-refractivity contribution in [1.29, 1.82) is 0 Å². The van der Waals surface area contributed by atoms with Gasteiger partial charge in [-0.2, -0.15) is 0 Å². The number of cyclic esters (lactones) is 1. The van der Waals surface area contributed by atoms with Crippen LogP contribution in [-0.2, 0) is 23.7 Å². The van der Waals surface area contributed by atoms with Crippen molar-refractivity contribution in [3.05, 3.63) is 41.0 Å². The molecule has 0 N–H and O–H groups in total. The highest BCUT2D eigenvalue weighted by Gasteiger charge is 2.46. The molecule has 8 nitrogen and oxygen atoms in total. The van der Waals surface area contributed by atoms with E-state index in [0.717, 1.165) is 6.08 Å². The predicted molar refractivity (Wildman–Crippen MR) is 122 cm³/mol. The number of hydrogen-bond donors (Lipinski definition) is 0. The summed E-state index contributed by atoms with van der Waals surface area (Å²) in [6.45, 7) is 6.44. The molecule has 186 valence electrons. The standard InChI is InChI=1S/C25H31FO8/c1-14-10-18(26)22(27)23-19(33-25(3,4)34-23)9-7-8-16-11-17(30-6)12-20(31-13-29-5)21(16)24(28)32-15(14)2/h7-8,10-12,15,18-19,23H,9,13H2,1-6H3/t15-,18?,19-,23?/m0/s1. The molecule has 1 aromatic rings. The lowest BCUT2D eigenvalue weighted by Gasteiger charge is -2.20. The van der Waals surface area contributed by atoms with E-state index in [2.05, 4.69) is 0 Å². The Morgan fingerprint density at radius 2 is 1.91 bits per heavy atom. The van der Waals surface area contributed by atoms with Crippen molar-refractivity contribution in [2.45, 2.75) is 64.4 Å². The average Bonchev–Trinajstić information content (AvgIpc) is 3.09. The number of methoxy groups -OCH3 is 2. The van der Waals surface area contributed by atoms with Crippen LogP contribution in [0.3, 0.4) is 0 Å². The fourth-order valence-electron chi connectivity index (χ4n) is 3.81. The molecule has 2 aliphatic heterocycles. The third-order valence-electron chi connectivity index (χ3n) is 5.61.